The molecule has 0 radical (unpaired) electrons. The van der Waals surface area contributed by atoms with Crippen LogP contribution in [0.2, 0.25) is 10.0 Å². The van der Waals surface area contributed by atoms with E-state index < -0.39 is 17.8 Å². The van der Waals surface area contributed by atoms with E-state index in [2.05, 4.69) is 5.32 Å². The van der Waals surface area contributed by atoms with E-state index in [4.69, 9.17) is 27.9 Å². The van der Waals surface area contributed by atoms with E-state index in [1.807, 2.05) is 6.07 Å². The Morgan fingerprint density at radius 2 is 1.59 bits per heavy atom. The summed E-state index contributed by atoms with van der Waals surface area (Å²) in [5.74, 6) is -0.837. The number of nitrogens with one attached hydrogen (secondary N) is 1. The number of carbonyl (C=O) groups is 3. The van der Waals surface area contributed by atoms with Gasteiger partial charge in [0, 0.05) is 0 Å². The topological polar surface area (TPSA) is 75.7 Å². The van der Waals surface area contributed by atoms with Crippen molar-refractivity contribution in [3.63, 3.8) is 0 Å². The van der Waals surface area contributed by atoms with Gasteiger partial charge in [-0.2, -0.15) is 0 Å². The van der Waals surface area contributed by atoms with Crippen molar-refractivity contribution in [3.05, 3.63) is 99.5 Å². The average Bonchev–Trinajstić information content (AvgIpc) is 2.79. The smallest absolute Gasteiger partial charge is 0.335 e. The van der Waals surface area contributed by atoms with Crippen LogP contribution in [0.15, 0.2) is 78.4 Å². The number of ether oxygens (including phenoxy) is 1. The van der Waals surface area contributed by atoms with Gasteiger partial charge in [-0.1, -0.05) is 59.6 Å². The minimum absolute atomic E-state index is 0.141. The Morgan fingerprint density at radius 3 is 2.28 bits per heavy atom. The summed E-state index contributed by atoms with van der Waals surface area (Å²) in [6.07, 6.45) is 1.43. The Labute approximate surface area is 194 Å². The summed E-state index contributed by atoms with van der Waals surface area (Å²) in [7, 11) is 0. The Balaban J connectivity index is 1.50. The molecule has 0 atom stereocenters. The predicted molar refractivity (Wildman–Crippen MR) is 123 cm³/mol. The Kier molecular flexibility index (Phi) is 6.25. The first-order valence-corrected chi connectivity index (χ1v) is 10.3. The van der Waals surface area contributed by atoms with Crippen LogP contribution >= 0.6 is 23.2 Å². The van der Waals surface area contributed by atoms with Gasteiger partial charge in [-0.15, -0.1) is 0 Å². The molecule has 3 aromatic carbocycles. The van der Waals surface area contributed by atoms with Crippen LogP contribution < -0.4 is 15.0 Å². The fourth-order valence-electron chi connectivity index (χ4n) is 3.09. The number of rotatable bonds is 5. The summed E-state index contributed by atoms with van der Waals surface area (Å²) in [5, 5.41) is 3.13. The molecule has 6 nitrogen and oxygen atoms in total. The SMILES string of the molecule is O=C1NC(=O)N(c2ccccc2)C(=O)/C1=C/c1ccc(OCc2ccc(Cl)c(Cl)c2)cc1. The molecule has 0 aromatic heterocycles. The number of urea groups is 1. The largest absolute Gasteiger partial charge is 0.489 e. The first-order chi connectivity index (χ1) is 15.4. The minimum atomic E-state index is -0.783. The van der Waals surface area contributed by atoms with E-state index in [1.165, 1.54) is 6.08 Å². The van der Waals surface area contributed by atoms with E-state index in [-0.39, 0.29) is 5.57 Å². The minimum Gasteiger partial charge on any atom is -0.489 e. The molecule has 1 aliphatic rings. The van der Waals surface area contributed by atoms with Gasteiger partial charge in [0.2, 0.25) is 0 Å². The van der Waals surface area contributed by atoms with E-state index in [0.29, 0.717) is 33.7 Å². The van der Waals surface area contributed by atoms with Crippen molar-refractivity contribution in [2.75, 3.05) is 4.90 Å². The Bertz CT molecular complexity index is 1220. The number of anilines is 1. The first-order valence-electron chi connectivity index (χ1n) is 9.55. The van der Waals surface area contributed by atoms with Gasteiger partial charge in [-0.05, 0) is 53.6 Å². The number of imide groups is 2. The van der Waals surface area contributed by atoms with Crippen molar-refractivity contribution < 1.29 is 19.1 Å². The standard InChI is InChI=1S/C24H16Cl2N2O4/c25-20-11-8-16(13-21(20)26)14-32-18-9-6-15(7-10-18)12-19-22(29)27-24(31)28(23(19)30)17-4-2-1-3-5-17/h1-13H,14H2,(H,27,29,31)/b19-12+. The molecule has 160 valence electrons. The highest BCUT2D eigenvalue weighted by Crippen LogP contribution is 2.25. The van der Waals surface area contributed by atoms with Crippen molar-refractivity contribution >= 4 is 52.8 Å². The van der Waals surface area contributed by atoms with Gasteiger partial charge in [-0.25, -0.2) is 9.69 Å². The number of carbonyl (C=O) groups excluding carboxylic acids is 3. The van der Waals surface area contributed by atoms with Gasteiger partial charge < -0.3 is 4.74 Å². The lowest BCUT2D eigenvalue weighted by Gasteiger charge is -2.26. The molecule has 0 unspecified atom stereocenters. The van der Waals surface area contributed by atoms with E-state index >= 15 is 0 Å². The predicted octanol–water partition coefficient (Wildman–Crippen LogP) is 5.24. The molecule has 1 aliphatic heterocycles. The first kappa shape index (κ1) is 21.6. The summed E-state index contributed by atoms with van der Waals surface area (Å²) in [6.45, 7) is 0.298. The number of barbiturate groups is 1. The monoisotopic (exact) mass is 466 g/mol. The molecule has 8 heteroatoms. The molecule has 1 fully saturated rings. The lowest BCUT2D eigenvalue weighted by molar-refractivity contribution is -0.122. The maximum absolute atomic E-state index is 12.9. The van der Waals surface area contributed by atoms with Gasteiger partial charge in [0.25, 0.3) is 11.8 Å². The van der Waals surface area contributed by atoms with Crippen molar-refractivity contribution in [1.29, 1.82) is 0 Å². The summed E-state index contributed by atoms with van der Waals surface area (Å²) in [6, 6.07) is 19.7. The van der Waals surface area contributed by atoms with Crippen LogP contribution in [-0.2, 0) is 16.2 Å². The third-order valence-corrected chi connectivity index (χ3v) is 5.44. The molecule has 4 rings (SSSR count). The number of halogens is 2. The summed E-state index contributed by atoms with van der Waals surface area (Å²) in [4.78, 5) is 38.3. The number of hydrogen-bond donors (Lipinski definition) is 1. The molecule has 3 aromatic rings. The van der Waals surface area contributed by atoms with E-state index in [0.717, 1.165) is 10.5 Å². The zero-order chi connectivity index (χ0) is 22.7. The maximum atomic E-state index is 12.9. The van der Waals surface area contributed by atoms with Gasteiger partial charge in [0.05, 0.1) is 15.7 Å². The average molecular weight is 467 g/mol. The molecule has 1 saturated heterocycles. The quantitative estimate of drug-likeness (QED) is 0.412. The van der Waals surface area contributed by atoms with Crippen molar-refractivity contribution in [2.24, 2.45) is 0 Å². The highest BCUT2D eigenvalue weighted by atomic mass is 35.5. The second kappa shape index (κ2) is 9.26. The number of nitrogens with zero attached hydrogens (tertiary/aromatic N) is 1. The van der Waals surface area contributed by atoms with Crippen LogP contribution in [0.4, 0.5) is 10.5 Å². The van der Waals surface area contributed by atoms with Crippen molar-refractivity contribution in [2.45, 2.75) is 6.61 Å². The molecular weight excluding hydrogens is 451 g/mol. The lowest BCUT2D eigenvalue weighted by Crippen LogP contribution is -2.54. The number of hydrogen-bond acceptors (Lipinski definition) is 4. The van der Waals surface area contributed by atoms with Crippen molar-refractivity contribution in [3.8, 4) is 5.75 Å². The molecule has 0 aliphatic carbocycles. The van der Waals surface area contributed by atoms with Gasteiger partial charge >= 0.3 is 6.03 Å². The second-order valence-electron chi connectivity index (χ2n) is 6.90. The highest BCUT2D eigenvalue weighted by Gasteiger charge is 2.36. The van der Waals surface area contributed by atoms with Gasteiger partial charge in [0.15, 0.2) is 0 Å². The molecule has 1 N–H and O–H groups in total. The molecule has 1 heterocycles. The van der Waals surface area contributed by atoms with Crippen LogP contribution in [0.5, 0.6) is 5.75 Å². The molecule has 0 spiro atoms. The number of amides is 4. The molecule has 32 heavy (non-hydrogen) atoms. The van der Waals surface area contributed by atoms with Crippen LogP contribution in [0.25, 0.3) is 6.08 Å². The number of benzene rings is 3. The molecule has 0 bridgehead atoms. The Morgan fingerprint density at radius 1 is 0.875 bits per heavy atom. The maximum Gasteiger partial charge on any atom is 0.335 e. The number of para-hydroxylation sites is 1. The summed E-state index contributed by atoms with van der Waals surface area (Å²) < 4.78 is 5.74. The Hall–Kier alpha value is -3.61. The lowest BCUT2D eigenvalue weighted by atomic mass is 10.1. The zero-order valence-corrected chi connectivity index (χ0v) is 18.1. The van der Waals surface area contributed by atoms with Crippen LogP contribution in [0, 0.1) is 0 Å². The van der Waals surface area contributed by atoms with Crippen molar-refractivity contribution in [1.82, 2.24) is 5.32 Å². The molecule has 4 amide bonds. The third kappa shape index (κ3) is 4.66. The van der Waals surface area contributed by atoms with Gasteiger partial charge in [-0.3, -0.25) is 14.9 Å². The molecular formula is C24H16Cl2N2O4. The summed E-state index contributed by atoms with van der Waals surface area (Å²) in [5.41, 5.74) is 1.70. The van der Waals surface area contributed by atoms with Crippen LogP contribution in [0.3, 0.4) is 0 Å². The fraction of sp³-hybridized carbons (Fsp3) is 0.0417. The van der Waals surface area contributed by atoms with E-state index in [1.54, 1.807) is 66.7 Å². The van der Waals surface area contributed by atoms with Gasteiger partial charge in [0.1, 0.15) is 17.9 Å². The third-order valence-electron chi connectivity index (χ3n) is 4.70. The zero-order valence-electron chi connectivity index (χ0n) is 16.5. The van der Waals surface area contributed by atoms with E-state index in [9.17, 15) is 14.4 Å². The normalized spacial score (nSPS) is 15.1. The second-order valence-corrected chi connectivity index (χ2v) is 7.71. The fourth-order valence-corrected chi connectivity index (χ4v) is 3.41. The van der Waals surface area contributed by atoms with Crippen LogP contribution in [0.1, 0.15) is 11.1 Å². The van der Waals surface area contributed by atoms with Crippen LogP contribution in [-0.4, -0.2) is 17.8 Å². The highest BCUT2D eigenvalue weighted by molar-refractivity contribution is 6.42. The summed E-state index contributed by atoms with van der Waals surface area (Å²) >= 11 is 11.9. The molecule has 0 saturated carbocycles.